The Kier molecular flexibility index (Phi) is 3.57. The van der Waals surface area contributed by atoms with Crippen LogP contribution in [0.3, 0.4) is 0 Å². The Morgan fingerprint density at radius 3 is 2.06 bits per heavy atom. The Morgan fingerprint density at radius 2 is 1.47 bits per heavy atom. The summed E-state index contributed by atoms with van der Waals surface area (Å²) in [6, 6.07) is 20.4. The van der Waals surface area contributed by atoms with Crippen LogP contribution in [0.1, 0.15) is 18.1 Å². The summed E-state index contributed by atoms with van der Waals surface area (Å²) >= 11 is 0. The summed E-state index contributed by atoms with van der Waals surface area (Å²) in [5.41, 5.74) is 8.10. The topological polar surface area (TPSA) is 38.0 Å². The second kappa shape index (κ2) is 5.13. The lowest BCUT2D eigenvalue weighted by atomic mass is 10.0. The van der Waals surface area contributed by atoms with E-state index < -0.39 is 5.66 Å². The summed E-state index contributed by atoms with van der Waals surface area (Å²) in [7, 11) is 0. The van der Waals surface area contributed by atoms with Crippen LogP contribution in [0.5, 0.6) is 0 Å². The zero-order chi connectivity index (χ0) is 12.1. The lowest BCUT2D eigenvalue weighted by Crippen LogP contribution is -2.47. The Bertz CT molecular complexity index is 449. The minimum absolute atomic E-state index is 0.503. The Hall–Kier alpha value is -1.64. The molecule has 0 heterocycles. The summed E-state index contributed by atoms with van der Waals surface area (Å²) in [4.78, 5) is 0. The third-order valence-electron chi connectivity index (χ3n) is 2.88. The Morgan fingerprint density at radius 1 is 0.941 bits per heavy atom. The fourth-order valence-corrected chi connectivity index (χ4v) is 1.77. The second-order valence-electron chi connectivity index (χ2n) is 4.41. The van der Waals surface area contributed by atoms with E-state index in [4.69, 9.17) is 5.73 Å². The van der Waals surface area contributed by atoms with Gasteiger partial charge in [0, 0.05) is 6.54 Å². The van der Waals surface area contributed by atoms with Crippen molar-refractivity contribution in [1.29, 1.82) is 0 Å². The van der Waals surface area contributed by atoms with E-state index in [1.165, 1.54) is 5.56 Å². The molecule has 0 amide bonds. The van der Waals surface area contributed by atoms with Crippen LogP contribution in [0.25, 0.3) is 0 Å². The molecule has 2 rings (SSSR count). The van der Waals surface area contributed by atoms with Gasteiger partial charge < -0.3 is 5.73 Å². The average molecular weight is 226 g/mol. The van der Waals surface area contributed by atoms with Crippen molar-refractivity contribution in [3.63, 3.8) is 0 Å². The van der Waals surface area contributed by atoms with Crippen molar-refractivity contribution in [3.8, 4) is 0 Å². The lowest BCUT2D eigenvalue weighted by molar-refractivity contribution is 0.378. The minimum atomic E-state index is -0.503. The zero-order valence-corrected chi connectivity index (χ0v) is 10.1. The van der Waals surface area contributed by atoms with Crippen molar-refractivity contribution >= 4 is 0 Å². The molecule has 0 bridgehead atoms. The van der Waals surface area contributed by atoms with Crippen LogP contribution in [0.4, 0.5) is 0 Å². The maximum absolute atomic E-state index is 6.27. The number of nitrogens with one attached hydrogen (secondary N) is 1. The largest absolute Gasteiger partial charge is 0.310 e. The van der Waals surface area contributed by atoms with Gasteiger partial charge in [-0.1, -0.05) is 60.7 Å². The number of hydrogen-bond acceptors (Lipinski definition) is 2. The smallest absolute Gasteiger partial charge is 0.0898 e. The van der Waals surface area contributed by atoms with Crippen molar-refractivity contribution < 1.29 is 0 Å². The highest BCUT2D eigenvalue weighted by atomic mass is 15.1. The van der Waals surface area contributed by atoms with E-state index in [9.17, 15) is 0 Å². The predicted molar refractivity (Wildman–Crippen MR) is 71.3 cm³/mol. The summed E-state index contributed by atoms with van der Waals surface area (Å²) in [5, 5.41) is 3.37. The van der Waals surface area contributed by atoms with Gasteiger partial charge in [0.15, 0.2) is 0 Å². The van der Waals surface area contributed by atoms with Gasteiger partial charge in [0.25, 0.3) is 0 Å². The summed E-state index contributed by atoms with van der Waals surface area (Å²) < 4.78 is 0. The molecule has 0 saturated heterocycles. The quantitative estimate of drug-likeness (QED) is 0.786. The van der Waals surface area contributed by atoms with Crippen LogP contribution in [-0.2, 0) is 12.2 Å². The maximum atomic E-state index is 6.27. The maximum Gasteiger partial charge on any atom is 0.0898 e. The second-order valence-corrected chi connectivity index (χ2v) is 4.41. The molecule has 0 saturated carbocycles. The van der Waals surface area contributed by atoms with Crippen LogP contribution < -0.4 is 11.1 Å². The third-order valence-corrected chi connectivity index (χ3v) is 2.88. The molecule has 2 aromatic carbocycles. The van der Waals surface area contributed by atoms with Gasteiger partial charge in [-0.15, -0.1) is 0 Å². The van der Waals surface area contributed by atoms with Crippen LogP contribution >= 0.6 is 0 Å². The molecule has 0 radical (unpaired) electrons. The normalized spacial score (nSPS) is 14.2. The van der Waals surface area contributed by atoms with Gasteiger partial charge in [0.1, 0.15) is 0 Å². The minimum Gasteiger partial charge on any atom is -0.310 e. The monoisotopic (exact) mass is 226 g/mol. The van der Waals surface area contributed by atoms with Crippen molar-refractivity contribution in [1.82, 2.24) is 5.32 Å². The summed E-state index contributed by atoms with van der Waals surface area (Å²) in [6.45, 7) is 2.76. The first-order chi connectivity index (χ1) is 8.18. The van der Waals surface area contributed by atoms with Gasteiger partial charge in [-0.3, -0.25) is 5.32 Å². The van der Waals surface area contributed by atoms with Gasteiger partial charge in [0.05, 0.1) is 5.66 Å². The van der Waals surface area contributed by atoms with Gasteiger partial charge in [0.2, 0.25) is 0 Å². The Labute approximate surface area is 102 Å². The van der Waals surface area contributed by atoms with Gasteiger partial charge in [-0.2, -0.15) is 0 Å². The molecular weight excluding hydrogens is 208 g/mol. The molecule has 2 heteroatoms. The van der Waals surface area contributed by atoms with Crippen molar-refractivity contribution in [2.45, 2.75) is 19.1 Å². The first-order valence-electron chi connectivity index (χ1n) is 5.82. The third kappa shape index (κ3) is 3.16. The van der Waals surface area contributed by atoms with E-state index in [-0.39, 0.29) is 0 Å². The molecule has 2 aromatic rings. The van der Waals surface area contributed by atoms with Crippen molar-refractivity contribution in [2.24, 2.45) is 5.73 Å². The van der Waals surface area contributed by atoms with E-state index >= 15 is 0 Å². The molecule has 1 atom stereocenters. The highest BCUT2D eigenvalue weighted by Gasteiger charge is 2.19. The number of nitrogens with two attached hydrogens (primary N) is 1. The molecule has 0 spiro atoms. The van der Waals surface area contributed by atoms with Crippen LogP contribution in [0, 0.1) is 0 Å². The van der Waals surface area contributed by atoms with E-state index in [2.05, 4.69) is 17.4 Å². The molecule has 1 unspecified atom stereocenters. The summed E-state index contributed by atoms with van der Waals surface area (Å²) in [5.74, 6) is 0. The highest BCUT2D eigenvalue weighted by molar-refractivity contribution is 5.23. The van der Waals surface area contributed by atoms with E-state index in [0.29, 0.717) is 0 Å². The molecule has 0 aliphatic rings. The molecule has 17 heavy (non-hydrogen) atoms. The van der Waals surface area contributed by atoms with E-state index in [0.717, 1.165) is 12.1 Å². The fraction of sp³-hybridized carbons (Fsp3) is 0.200. The first-order valence-corrected chi connectivity index (χ1v) is 5.82. The van der Waals surface area contributed by atoms with Crippen LogP contribution in [-0.4, -0.2) is 0 Å². The molecule has 2 nitrogen and oxygen atoms in total. The van der Waals surface area contributed by atoms with Crippen molar-refractivity contribution in [2.75, 3.05) is 0 Å². The molecule has 0 fully saturated rings. The predicted octanol–water partition coefficient (Wildman–Crippen LogP) is 2.61. The fourth-order valence-electron chi connectivity index (χ4n) is 1.77. The number of rotatable bonds is 4. The van der Waals surface area contributed by atoms with Crippen molar-refractivity contribution in [3.05, 3.63) is 71.8 Å². The van der Waals surface area contributed by atoms with Crippen LogP contribution in [0.15, 0.2) is 60.7 Å². The zero-order valence-electron chi connectivity index (χ0n) is 10.1. The van der Waals surface area contributed by atoms with Gasteiger partial charge in [-0.25, -0.2) is 0 Å². The summed E-state index contributed by atoms with van der Waals surface area (Å²) in [6.07, 6.45) is 0. The SMILES string of the molecule is CC(N)(NCc1ccccc1)c1ccccc1. The average Bonchev–Trinajstić information content (AvgIpc) is 2.39. The molecular formula is C15H18N2. The van der Waals surface area contributed by atoms with E-state index in [1.54, 1.807) is 0 Å². The highest BCUT2D eigenvalue weighted by Crippen LogP contribution is 2.14. The first kappa shape index (κ1) is 11.8. The molecule has 0 aliphatic heterocycles. The molecule has 88 valence electrons. The standard InChI is InChI=1S/C15H18N2/c1-15(16,14-10-6-3-7-11-14)17-12-13-8-4-2-5-9-13/h2-11,17H,12,16H2,1H3. The van der Waals surface area contributed by atoms with Gasteiger partial charge >= 0.3 is 0 Å². The van der Waals surface area contributed by atoms with Crippen LogP contribution in [0.2, 0.25) is 0 Å². The van der Waals surface area contributed by atoms with Gasteiger partial charge in [-0.05, 0) is 18.1 Å². The molecule has 0 aromatic heterocycles. The van der Waals surface area contributed by atoms with E-state index in [1.807, 2.05) is 55.5 Å². The lowest BCUT2D eigenvalue weighted by Gasteiger charge is -2.27. The number of hydrogen-bond donors (Lipinski definition) is 2. The molecule has 3 N–H and O–H groups in total. The molecule has 0 aliphatic carbocycles. The Balaban J connectivity index is 2.03. The number of benzene rings is 2.